The van der Waals surface area contributed by atoms with Crippen molar-refractivity contribution in [2.24, 2.45) is 0 Å². The lowest BCUT2D eigenvalue weighted by Gasteiger charge is -2.35. The van der Waals surface area contributed by atoms with Gasteiger partial charge in [0.1, 0.15) is 11.6 Å². The lowest BCUT2D eigenvalue weighted by Crippen LogP contribution is -2.44. The SMILES string of the molecule is COc1ccc(Cn2c3c(c(=O)[nH]c2=O)CN([C@H](C)c2ccccc2)CN3)cc1. The van der Waals surface area contributed by atoms with Gasteiger partial charge in [0.25, 0.3) is 5.56 Å². The van der Waals surface area contributed by atoms with Crippen molar-refractivity contribution in [2.75, 3.05) is 19.1 Å². The highest BCUT2D eigenvalue weighted by Gasteiger charge is 2.26. The second kappa shape index (κ2) is 7.97. The van der Waals surface area contributed by atoms with Crippen LogP contribution in [0.1, 0.15) is 29.7 Å². The molecule has 0 saturated carbocycles. The molecule has 4 rings (SSSR count). The zero-order chi connectivity index (χ0) is 20.4. The first-order valence-electron chi connectivity index (χ1n) is 9.58. The molecule has 2 aromatic carbocycles. The van der Waals surface area contributed by atoms with Gasteiger partial charge in [0.2, 0.25) is 0 Å². The predicted molar refractivity (Wildman–Crippen MR) is 112 cm³/mol. The topological polar surface area (TPSA) is 79.4 Å². The van der Waals surface area contributed by atoms with Crippen LogP contribution < -0.4 is 21.3 Å². The minimum atomic E-state index is -0.415. The number of nitrogens with zero attached hydrogens (tertiary/aromatic N) is 2. The molecule has 0 aliphatic carbocycles. The van der Waals surface area contributed by atoms with Gasteiger partial charge in [-0.25, -0.2) is 4.79 Å². The van der Waals surface area contributed by atoms with Gasteiger partial charge >= 0.3 is 5.69 Å². The maximum Gasteiger partial charge on any atom is 0.330 e. The molecule has 7 heteroatoms. The largest absolute Gasteiger partial charge is 0.497 e. The number of aromatic amines is 1. The quantitative estimate of drug-likeness (QED) is 0.698. The smallest absolute Gasteiger partial charge is 0.330 e. The summed E-state index contributed by atoms with van der Waals surface area (Å²) in [7, 11) is 1.62. The van der Waals surface area contributed by atoms with E-state index in [-0.39, 0.29) is 11.6 Å². The number of nitrogens with one attached hydrogen (secondary N) is 2. The van der Waals surface area contributed by atoms with Gasteiger partial charge in [-0.1, -0.05) is 42.5 Å². The first-order chi connectivity index (χ1) is 14.1. The van der Waals surface area contributed by atoms with Crippen molar-refractivity contribution >= 4 is 5.82 Å². The second-order valence-electron chi connectivity index (χ2n) is 7.19. The highest BCUT2D eigenvalue weighted by molar-refractivity contribution is 5.46. The minimum Gasteiger partial charge on any atom is -0.497 e. The Morgan fingerprint density at radius 2 is 1.79 bits per heavy atom. The Morgan fingerprint density at radius 1 is 1.07 bits per heavy atom. The van der Waals surface area contributed by atoms with E-state index in [1.165, 1.54) is 5.56 Å². The lowest BCUT2D eigenvalue weighted by molar-refractivity contribution is 0.206. The van der Waals surface area contributed by atoms with Gasteiger partial charge < -0.3 is 10.1 Å². The van der Waals surface area contributed by atoms with Crippen LogP contribution in [0.15, 0.2) is 64.2 Å². The van der Waals surface area contributed by atoms with E-state index < -0.39 is 5.69 Å². The first kappa shape index (κ1) is 19.0. The van der Waals surface area contributed by atoms with Crippen molar-refractivity contribution in [3.8, 4) is 5.75 Å². The Balaban J connectivity index is 1.64. The summed E-state index contributed by atoms with van der Waals surface area (Å²) in [6, 6.07) is 17.8. The van der Waals surface area contributed by atoms with E-state index in [4.69, 9.17) is 4.74 Å². The molecule has 150 valence electrons. The van der Waals surface area contributed by atoms with Crippen LogP contribution in [0.2, 0.25) is 0 Å². The Bertz CT molecular complexity index is 1100. The van der Waals surface area contributed by atoms with Crippen LogP contribution >= 0.6 is 0 Å². The monoisotopic (exact) mass is 392 g/mol. The molecule has 29 heavy (non-hydrogen) atoms. The van der Waals surface area contributed by atoms with Crippen molar-refractivity contribution in [3.63, 3.8) is 0 Å². The van der Waals surface area contributed by atoms with Gasteiger partial charge in [-0.05, 0) is 30.2 Å². The average Bonchev–Trinajstić information content (AvgIpc) is 2.77. The molecule has 1 aliphatic heterocycles. The molecule has 1 aliphatic rings. The number of benzene rings is 2. The standard InChI is InChI=1S/C22H24N4O3/c1-15(17-6-4-3-5-7-17)25-13-19-20(23-14-25)26(22(28)24-21(19)27)12-16-8-10-18(29-2)11-9-16/h3-11,15,23H,12-14H2,1-2H3,(H,24,27,28)/t15-/m1/s1. The van der Waals surface area contributed by atoms with Crippen molar-refractivity contribution in [2.45, 2.75) is 26.1 Å². The molecule has 0 saturated heterocycles. The molecule has 0 radical (unpaired) electrons. The predicted octanol–water partition coefficient (Wildman–Crippen LogP) is 2.54. The molecule has 0 fully saturated rings. The molecule has 3 aromatic rings. The number of rotatable bonds is 5. The maximum absolute atomic E-state index is 12.5. The average molecular weight is 392 g/mol. The van der Waals surface area contributed by atoms with Gasteiger partial charge in [-0.3, -0.25) is 19.2 Å². The van der Waals surface area contributed by atoms with Gasteiger partial charge in [0, 0.05) is 12.6 Å². The van der Waals surface area contributed by atoms with Crippen LogP contribution in [0.4, 0.5) is 5.82 Å². The molecule has 2 N–H and O–H groups in total. The number of hydrogen-bond acceptors (Lipinski definition) is 5. The summed E-state index contributed by atoms with van der Waals surface area (Å²) in [6.07, 6.45) is 0. The Labute approximate surface area is 168 Å². The molecule has 2 heterocycles. The summed E-state index contributed by atoms with van der Waals surface area (Å²) < 4.78 is 6.77. The van der Waals surface area contributed by atoms with Crippen LogP contribution in [0.3, 0.4) is 0 Å². The van der Waals surface area contributed by atoms with Crippen LogP contribution in [0, 0.1) is 0 Å². The van der Waals surface area contributed by atoms with Gasteiger partial charge in [0.05, 0.1) is 25.9 Å². The highest BCUT2D eigenvalue weighted by Crippen LogP contribution is 2.26. The second-order valence-corrected chi connectivity index (χ2v) is 7.19. The van der Waals surface area contributed by atoms with Crippen LogP contribution in [0.5, 0.6) is 5.75 Å². The Morgan fingerprint density at radius 3 is 2.48 bits per heavy atom. The fourth-order valence-corrected chi connectivity index (χ4v) is 3.68. The normalized spacial score (nSPS) is 14.7. The van der Waals surface area contributed by atoms with Gasteiger partial charge in [0.15, 0.2) is 0 Å². The van der Waals surface area contributed by atoms with E-state index in [1.54, 1.807) is 11.7 Å². The molecule has 0 amide bonds. The van der Waals surface area contributed by atoms with Gasteiger partial charge in [-0.2, -0.15) is 0 Å². The summed E-state index contributed by atoms with van der Waals surface area (Å²) in [5, 5.41) is 3.30. The summed E-state index contributed by atoms with van der Waals surface area (Å²) in [5.41, 5.74) is 1.95. The van der Waals surface area contributed by atoms with E-state index in [0.29, 0.717) is 31.1 Å². The number of methoxy groups -OCH3 is 1. The summed E-state index contributed by atoms with van der Waals surface area (Å²) >= 11 is 0. The van der Waals surface area contributed by atoms with Crippen LogP contribution in [-0.4, -0.2) is 28.2 Å². The molecule has 1 atom stereocenters. The Hall–Kier alpha value is -3.32. The van der Waals surface area contributed by atoms with Crippen molar-refractivity contribution in [1.29, 1.82) is 0 Å². The van der Waals surface area contributed by atoms with E-state index in [0.717, 1.165) is 11.3 Å². The highest BCUT2D eigenvalue weighted by atomic mass is 16.5. The molecule has 1 aromatic heterocycles. The number of fused-ring (bicyclic) bond motifs is 1. The van der Waals surface area contributed by atoms with Crippen molar-refractivity contribution in [1.82, 2.24) is 14.5 Å². The maximum atomic E-state index is 12.5. The fourth-order valence-electron chi connectivity index (χ4n) is 3.68. The third kappa shape index (κ3) is 3.82. The van der Waals surface area contributed by atoms with Crippen molar-refractivity contribution < 1.29 is 4.74 Å². The first-order valence-corrected chi connectivity index (χ1v) is 9.58. The zero-order valence-electron chi connectivity index (χ0n) is 16.5. The van der Waals surface area contributed by atoms with E-state index in [2.05, 4.69) is 34.3 Å². The summed E-state index contributed by atoms with van der Waals surface area (Å²) in [6.45, 7) is 3.50. The number of H-pyrrole nitrogens is 1. The molecule has 0 spiro atoms. The summed E-state index contributed by atoms with van der Waals surface area (Å²) in [4.78, 5) is 29.7. The zero-order valence-corrected chi connectivity index (χ0v) is 16.5. The molecular formula is C22H24N4O3. The minimum absolute atomic E-state index is 0.137. The van der Waals surface area contributed by atoms with E-state index in [1.807, 2.05) is 42.5 Å². The molecule has 0 unspecified atom stereocenters. The van der Waals surface area contributed by atoms with Gasteiger partial charge in [-0.15, -0.1) is 0 Å². The van der Waals surface area contributed by atoms with Crippen LogP contribution in [0.25, 0.3) is 0 Å². The molecular weight excluding hydrogens is 368 g/mol. The Kier molecular flexibility index (Phi) is 5.22. The number of aromatic nitrogens is 2. The van der Waals surface area contributed by atoms with Crippen LogP contribution in [-0.2, 0) is 13.1 Å². The van der Waals surface area contributed by atoms with E-state index in [9.17, 15) is 9.59 Å². The fraction of sp³-hybridized carbons (Fsp3) is 0.273. The molecule has 7 nitrogen and oxygen atoms in total. The number of anilines is 1. The third-order valence-electron chi connectivity index (χ3n) is 5.44. The summed E-state index contributed by atoms with van der Waals surface area (Å²) in [5.74, 6) is 1.35. The number of ether oxygens (including phenoxy) is 1. The molecule has 0 bridgehead atoms. The lowest BCUT2D eigenvalue weighted by atomic mass is 10.1. The number of hydrogen-bond donors (Lipinski definition) is 2. The van der Waals surface area contributed by atoms with Crippen molar-refractivity contribution in [3.05, 3.63) is 92.1 Å². The van der Waals surface area contributed by atoms with E-state index >= 15 is 0 Å². The third-order valence-corrected chi connectivity index (χ3v) is 5.44.